The number of carbonyl (C=O) groups is 1. The van der Waals surface area contributed by atoms with E-state index >= 15 is 0 Å². The van der Waals surface area contributed by atoms with Gasteiger partial charge in [-0.1, -0.05) is 6.92 Å². The Hall–Kier alpha value is -0.610. The van der Waals surface area contributed by atoms with Gasteiger partial charge in [0.15, 0.2) is 0 Å². The van der Waals surface area contributed by atoms with Crippen LogP contribution in [0.15, 0.2) is 0 Å². The summed E-state index contributed by atoms with van der Waals surface area (Å²) in [5.41, 5.74) is -0.752. The van der Waals surface area contributed by atoms with Crippen molar-refractivity contribution in [3.8, 4) is 0 Å². The average molecular weight is 256 g/mol. The Morgan fingerprint density at radius 1 is 1.33 bits per heavy atom. The summed E-state index contributed by atoms with van der Waals surface area (Å²) in [4.78, 5) is 11.7. The highest BCUT2D eigenvalue weighted by Gasteiger charge is 2.31. The molecule has 4 heteroatoms. The van der Waals surface area contributed by atoms with E-state index in [1.165, 1.54) is 0 Å². The van der Waals surface area contributed by atoms with Gasteiger partial charge in [0.25, 0.3) is 0 Å². The Balaban J connectivity index is 2.25. The number of amides is 1. The van der Waals surface area contributed by atoms with Crippen LogP contribution < -0.4 is 10.6 Å². The maximum absolute atomic E-state index is 11.7. The molecule has 0 bridgehead atoms. The minimum atomic E-state index is -0.691. The molecule has 0 aliphatic heterocycles. The molecule has 3 N–H and O–H groups in total. The van der Waals surface area contributed by atoms with Crippen LogP contribution in [0, 0.1) is 5.92 Å². The number of hydrogen-bond donors (Lipinski definition) is 3. The van der Waals surface area contributed by atoms with E-state index in [0.29, 0.717) is 19.0 Å². The minimum Gasteiger partial charge on any atom is -0.388 e. The van der Waals surface area contributed by atoms with E-state index in [1.54, 1.807) is 0 Å². The SMILES string of the molecule is CC1CCC(O)(CNC(=O)CNC(C)(C)C)CC1. The van der Waals surface area contributed by atoms with E-state index in [9.17, 15) is 9.90 Å². The number of carbonyl (C=O) groups excluding carboxylic acids is 1. The van der Waals surface area contributed by atoms with Crippen molar-refractivity contribution in [2.45, 2.75) is 64.5 Å². The molecule has 0 aromatic heterocycles. The highest BCUT2D eigenvalue weighted by molar-refractivity contribution is 5.78. The first-order valence-corrected chi connectivity index (χ1v) is 6.94. The molecule has 0 saturated heterocycles. The van der Waals surface area contributed by atoms with Crippen molar-refractivity contribution in [1.82, 2.24) is 10.6 Å². The molecule has 1 aliphatic carbocycles. The van der Waals surface area contributed by atoms with E-state index in [-0.39, 0.29) is 11.4 Å². The van der Waals surface area contributed by atoms with Crippen molar-refractivity contribution in [2.75, 3.05) is 13.1 Å². The van der Waals surface area contributed by atoms with Crippen LogP contribution in [-0.2, 0) is 4.79 Å². The summed E-state index contributed by atoms with van der Waals surface area (Å²) in [6.07, 6.45) is 3.68. The van der Waals surface area contributed by atoms with Gasteiger partial charge in [0.2, 0.25) is 5.91 Å². The maximum Gasteiger partial charge on any atom is 0.234 e. The lowest BCUT2D eigenvalue weighted by Gasteiger charge is -2.35. The summed E-state index contributed by atoms with van der Waals surface area (Å²) in [5.74, 6) is 0.653. The molecule has 18 heavy (non-hydrogen) atoms. The van der Waals surface area contributed by atoms with Crippen LogP contribution in [0.25, 0.3) is 0 Å². The summed E-state index contributed by atoms with van der Waals surface area (Å²) in [7, 11) is 0. The second-order valence-corrected chi connectivity index (χ2v) is 6.79. The molecule has 0 aromatic carbocycles. The highest BCUT2D eigenvalue weighted by Crippen LogP contribution is 2.31. The van der Waals surface area contributed by atoms with Gasteiger partial charge in [-0.05, 0) is 52.4 Å². The fraction of sp³-hybridized carbons (Fsp3) is 0.929. The van der Waals surface area contributed by atoms with Gasteiger partial charge in [-0.25, -0.2) is 0 Å². The van der Waals surface area contributed by atoms with E-state index < -0.39 is 5.60 Å². The molecule has 0 unspecified atom stereocenters. The Morgan fingerprint density at radius 2 is 1.89 bits per heavy atom. The summed E-state index contributed by atoms with van der Waals surface area (Å²) in [5, 5.41) is 16.3. The molecule has 0 atom stereocenters. The van der Waals surface area contributed by atoms with Crippen LogP contribution in [0.1, 0.15) is 53.4 Å². The lowest BCUT2D eigenvalue weighted by Crippen LogP contribution is -2.49. The zero-order valence-electron chi connectivity index (χ0n) is 12.2. The number of aliphatic hydroxyl groups is 1. The maximum atomic E-state index is 11.7. The van der Waals surface area contributed by atoms with Gasteiger partial charge in [0.05, 0.1) is 12.1 Å². The van der Waals surface area contributed by atoms with E-state index in [1.807, 2.05) is 20.8 Å². The van der Waals surface area contributed by atoms with Crippen LogP contribution in [0.2, 0.25) is 0 Å². The monoisotopic (exact) mass is 256 g/mol. The van der Waals surface area contributed by atoms with Gasteiger partial charge in [-0.3, -0.25) is 4.79 Å². The predicted molar refractivity (Wildman–Crippen MR) is 73.3 cm³/mol. The first-order chi connectivity index (χ1) is 8.20. The molecule has 4 nitrogen and oxygen atoms in total. The molecular weight excluding hydrogens is 228 g/mol. The van der Waals surface area contributed by atoms with Gasteiger partial charge in [-0.15, -0.1) is 0 Å². The lowest BCUT2D eigenvalue weighted by molar-refractivity contribution is -0.122. The van der Waals surface area contributed by atoms with Crippen molar-refractivity contribution in [2.24, 2.45) is 5.92 Å². The third-order valence-electron chi connectivity index (χ3n) is 3.60. The van der Waals surface area contributed by atoms with E-state index in [0.717, 1.165) is 25.7 Å². The Morgan fingerprint density at radius 3 is 2.39 bits per heavy atom. The fourth-order valence-corrected chi connectivity index (χ4v) is 2.15. The molecule has 0 spiro atoms. The predicted octanol–water partition coefficient (Wildman–Crippen LogP) is 1.43. The molecule has 1 fully saturated rings. The van der Waals surface area contributed by atoms with Crippen molar-refractivity contribution >= 4 is 5.91 Å². The van der Waals surface area contributed by atoms with Crippen molar-refractivity contribution in [3.63, 3.8) is 0 Å². The smallest absolute Gasteiger partial charge is 0.234 e. The van der Waals surface area contributed by atoms with Crippen molar-refractivity contribution in [1.29, 1.82) is 0 Å². The van der Waals surface area contributed by atoms with Crippen LogP contribution in [0.3, 0.4) is 0 Å². The summed E-state index contributed by atoms with van der Waals surface area (Å²) in [6, 6.07) is 0. The van der Waals surface area contributed by atoms with E-state index in [2.05, 4.69) is 17.6 Å². The van der Waals surface area contributed by atoms with Gasteiger partial charge in [0.1, 0.15) is 0 Å². The zero-order chi connectivity index (χ0) is 13.8. The average Bonchev–Trinajstić information content (AvgIpc) is 2.27. The van der Waals surface area contributed by atoms with Crippen LogP contribution in [-0.4, -0.2) is 35.2 Å². The molecule has 1 amide bonds. The quantitative estimate of drug-likeness (QED) is 0.713. The van der Waals surface area contributed by atoms with Crippen LogP contribution >= 0.6 is 0 Å². The van der Waals surface area contributed by atoms with Gasteiger partial charge in [-0.2, -0.15) is 0 Å². The topological polar surface area (TPSA) is 61.4 Å². The van der Waals surface area contributed by atoms with E-state index in [4.69, 9.17) is 0 Å². The molecule has 1 saturated carbocycles. The van der Waals surface area contributed by atoms with Gasteiger partial charge < -0.3 is 15.7 Å². The minimum absolute atomic E-state index is 0.0445. The van der Waals surface area contributed by atoms with Gasteiger partial charge >= 0.3 is 0 Å². The Kier molecular flexibility index (Phi) is 5.17. The second kappa shape index (κ2) is 6.02. The number of nitrogens with one attached hydrogen (secondary N) is 2. The Labute approximate surface area is 111 Å². The third-order valence-corrected chi connectivity index (χ3v) is 3.60. The lowest BCUT2D eigenvalue weighted by atomic mass is 9.79. The number of rotatable bonds is 4. The summed E-state index contributed by atoms with van der Waals surface area (Å²) >= 11 is 0. The second-order valence-electron chi connectivity index (χ2n) is 6.79. The molecule has 0 aromatic rings. The molecule has 1 rings (SSSR count). The largest absolute Gasteiger partial charge is 0.388 e. The molecular formula is C14H28N2O2. The molecule has 106 valence electrons. The normalized spacial score (nSPS) is 29.1. The fourth-order valence-electron chi connectivity index (χ4n) is 2.15. The van der Waals surface area contributed by atoms with Gasteiger partial charge in [0, 0.05) is 12.1 Å². The Bertz CT molecular complexity index is 276. The van der Waals surface area contributed by atoms with Crippen LogP contribution in [0.4, 0.5) is 0 Å². The number of hydrogen-bond acceptors (Lipinski definition) is 3. The summed E-state index contributed by atoms with van der Waals surface area (Å²) in [6.45, 7) is 8.97. The molecule has 0 radical (unpaired) electrons. The molecule has 0 heterocycles. The zero-order valence-corrected chi connectivity index (χ0v) is 12.2. The first-order valence-electron chi connectivity index (χ1n) is 6.94. The highest BCUT2D eigenvalue weighted by atomic mass is 16.3. The standard InChI is InChI=1S/C14H28N2O2/c1-11-5-7-14(18,8-6-11)10-15-12(17)9-16-13(2,3)4/h11,16,18H,5-10H2,1-4H3,(H,15,17). The first kappa shape index (κ1) is 15.4. The molecule has 1 aliphatic rings. The third kappa shape index (κ3) is 5.83. The van der Waals surface area contributed by atoms with Crippen molar-refractivity contribution in [3.05, 3.63) is 0 Å². The van der Waals surface area contributed by atoms with Crippen molar-refractivity contribution < 1.29 is 9.90 Å². The summed E-state index contributed by atoms with van der Waals surface area (Å²) < 4.78 is 0. The van der Waals surface area contributed by atoms with Crippen LogP contribution in [0.5, 0.6) is 0 Å².